The Hall–Kier alpha value is -1.59. The van der Waals surface area contributed by atoms with Crippen LogP contribution in [-0.2, 0) is 10.3 Å². The lowest BCUT2D eigenvalue weighted by atomic mass is 9.46. The van der Waals surface area contributed by atoms with Crippen LogP contribution >= 0.6 is 23.2 Å². The smallest absolute Gasteiger partial charge is 0.242 e. The molecule has 5 nitrogen and oxygen atoms in total. The summed E-state index contributed by atoms with van der Waals surface area (Å²) in [7, 11) is 0. The van der Waals surface area contributed by atoms with Gasteiger partial charge in [0.15, 0.2) is 0 Å². The van der Waals surface area contributed by atoms with E-state index in [2.05, 4.69) is 15.4 Å². The Balaban J connectivity index is 1.47. The van der Waals surface area contributed by atoms with Crippen LogP contribution in [0.2, 0.25) is 10.3 Å². The lowest BCUT2D eigenvalue weighted by Gasteiger charge is -2.60. The van der Waals surface area contributed by atoms with E-state index in [0.717, 1.165) is 37.8 Å². The van der Waals surface area contributed by atoms with Crippen LogP contribution in [0.15, 0.2) is 30.6 Å². The third kappa shape index (κ3) is 2.55. The Morgan fingerprint density at radius 3 is 2.62 bits per heavy atom. The van der Waals surface area contributed by atoms with Crippen molar-refractivity contribution >= 4 is 34.8 Å². The lowest BCUT2D eigenvalue weighted by Crippen LogP contribution is -2.60. The van der Waals surface area contributed by atoms with Crippen LogP contribution in [0, 0.1) is 17.3 Å². The van der Waals surface area contributed by atoms with Crippen LogP contribution in [-0.4, -0.2) is 20.7 Å². The summed E-state index contributed by atoms with van der Waals surface area (Å²) in [6.07, 6.45) is 7.80. The number of carbonyl (C=O) groups excluding carboxylic acids is 1. The Morgan fingerprint density at radius 1 is 1.19 bits per heavy atom. The van der Waals surface area contributed by atoms with E-state index in [1.54, 1.807) is 12.4 Å². The molecule has 0 aliphatic heterocycles. The number of aromatic nitrogens is 3. The summed E-state index contributed by atoms with van der Waals surface area (Å²) in [4.78, 5) is 17.5. The molecule has 136 valence electrons. The number of amides is 1. The molecule has 1 aromatic heterocycles. The normalized spacial score (nSPS) is 34.8. The minimum absolute atomic E-state index is 0.115. The van der Waals surface area contributed by atoms with Crippen molar-refractivity contribution in [3.63, 3.8) is 0 Å². The van der Waals surface area contributed by atoms with Crippen molar-refractivity contribution in [2.24, 2.45) is 17.3 Å². The highest BCUT2D eigenvalue weighted by Crippen LogP contribution is 2.64. The van der Waals surface area contributed by atoms with E-state index in [-0.39, 0.29) is 22.1 Å². The quantitative estimate of drug-likeness (QED) is 0.837. The molecule has 1 heterocycles. The number of rotatable bonds is 3. The molecule has 4 aliphatic rings. The average Bonchev–Trinajstić information content (AvgIpc) is 3.01. The van der Waals surface area contributed by atoms with E-state index in [1.807, 2.05) is 22.9 Å². The Bertz CT molecular complexity index is 866. The molecule has 7 heteroatoms. The molecule has 6 rings (SSSR count). The van der Waals surface area contributed by atoms with Gasteiger partial charge in [-0.25, -0.2) is 9.67 Å². The number of hydrogen-bond acceptors (Lipinski definition) is 3. The van der Waals surface area contributed by atoms with Gasteiger partial charge >= 0.3 is 0 Å². The molecule has 1 amide bonds. The first-order valence-corrected chi connectivity index (χ1v) is 9.87. The van der Waals surface area contributed by atoms with Gasteiger partial charge in [-0.1, -0.05) is 17.7 Å². The van der Waals surface area contributed by atoms with Gasteiger partial charge in [0.05, 0.1) is 11.0 Å². The molecule has 4 saturated carbocycles. The van der Waals surface area contributed by atoms with Gasteiger partial charge in [-0.3, -0.25) is 4.79 Å². The van der Waals surface area contributed by atoms with Gasteiger partial charge in [0.2, 0.25) is 11.2 Å². The number of anilines is 1. The van der Waals surface area contributed by atoms with Crippen molar-refractivity contribution < 1.29 is 4.79 Å². The molecular weight excluding hydrogens is 371 g/mol. The minimum Gasteiger partial charge on any atom is -0.326 e. The SMILES string of the molecule is O=C(Nc1cccc(Cl)c1)C12CC3CC(C1)CC(n1cnc(Cl)n1)(C3)C2. The summed E-state index contributed by atoms with van der Waals surface area (Å²) < 4.78 is 1.94. The lowest BCUT2D eigenvalue weighted by molar-refractivity contribution is -0.150. The highest BCUT2D eigenvalue weighted by Gasteiger charge is 2.61. The standard InChI is InChI=1S/C19H20Cl2N4O/c20-14-2-1-3-15(5-14)23-16(26)18-6-12-4-13(7-18)9-19(8-12,10-18)25-11-22-17(21)24-25/h1-3,5,11-13H,4,6-10H2,(H,23,26). The van der Waals surface area contributed by atoms with E-state index in [1.165, 1.54) is 6.42 Å². The zero-order chi connectivity index (χ0) is 17.9. The van der Waals surface area contributed by atoms with Gasteiger partial charge in [-0.15, -0.1) is 5.10 Å². The predicted molar refractivity (Wildman–Crippen MR) is 100 cm³/mol. The van der Waals surface area contributed by atoms with Crippen LogP contribution in [0.25, 0.3) is 0 Å². The van der Waals surface area contributed by atoms with Crippen molar-refractivity contribution in [1.29, 1.82) is 0 Å². The molecule has 2 unspecified atom stereocenters. The van der Waals surface area contributed by atoms with Crippen molar-refractivity contribution in [3.05, 3.63) is 40.9 Å². The molecule has 4 aliphatic carbocycles. The van der Waals surface area contributed by atoms with E-state index >= 15 is 0 Å². The number of benzene rings is 1. The Morgan fingerprint density at radius 2 is 1.96 bits per heavy atom. The van der Waals surface area contributed by atoms with Crippen LogP contribution in [0.1, 0.15) is 38.5 Å². The van der Waals surface area contributed by atoms with Gasteiger partial charge in [0, 0.05) is 10.7 Å². The molecule has 1 aromatic carbocycles. The van der Waals surface area contributed by atoms with E-state index in [4.69, 9.17) is 23.2 Å². The molecule has 4 bridgehead atoms. The zero-order valence-corrected chi connectivity index (χ0v) is 15.8. The molecule has 26 heavy (non-hydrogen) atoms. The third-order valence-electron chi connectivity index (χ3n) is 6.54. The summed E-state index contributed by atoms with van der Waals surface area (Å²) in [5.41, 5.74) is 0.289. The predicted octanol–water partition coefficient (Wildman–Crippen LogP) is 4.52. The van der Waals surface area contributed by atoms with Crippen molar-refractivity contribution in [3.8, 4) is 0 Å². The Kier molecular flexibility index (Phi) is 3.63. The van der Waals surface area contributed by atoms with Crippen LogP contribution in [0.3, 0.4) is 0 Å². The molecule has 2 atom stereocenters. The third-order valence-corrected chi connectivity index (χ3v) is 6.95. The van der Waals surface area contributed by atoms with Gasteiger partial charge in [-0.2, -0.15) is 0 Å². The molecule has 0 radical (unpaired) electrons. The van der Waals surface area contributed by atoms with Gasteiger partial charge in [0.25, 0.3) is 0 Å². The maximum Gasteiger partial charge on any atom is 0.242 e. The maximum atomic E-state index is 13.3. The topological polar surface area (TPSA) is 59.8 Å². The second-order valence-electron chi connectivity index (χ2n) is 8.39. The molecular formula is C19H20Cl2N4O. The van der Waals surface area contributed by atoms with E-state index in [0.29, 0.717) is 16.9 Å². The molecule has 2 aromatic rings. The molecule has 4 fully saturated rings. The number of nitrogens with zero attached hydrogens (tertiary/aromatic N) is 3. The summed E-state index contributed by atoms with van der Waals surface area (Å²) in [5.74, 6) is 1.23. The number of carbonyl (C=O) groups is 1. The fourth-order valence-corrected chi connectivity index (χ4v) is 6.36. The van der Waals surface area contributed by atoms with Gasteiger partial charge in [-0.05, 0) is 80.2 Å². The first-order chi connectivity index (χ1) is 12.5. The number of hydrogen-bond donors (Lipinski definition) is 1. The minimum atomic E-state index is -0.342. The Labute approximate surface area is 162 Å². The summed E-state index contributed by atoms with van der Waals surface area (Å²) in [5, 5.41) is 8.43. The van der Waals surface area contributed by atoms with Crippen LogP contribution in [0.4, 0.5) is 5.69 Å². The highest BCUT2D eigenvalue weighted by molar-refractivity contribution is 6.30. The number of nitrogens with one attached hydrogen (secondary N) is 1. The molecule has 0 spiro atoms. The second kappa shape index (κ2) is 5.70. The summed E-state index contributed by atoms with van der Waals surface area (Å²) in [6.45, 7) is 0. The van der Waals surface area contributed by atoms with Gasteiger partial charge < -0.3 is 5.32 Å². The average molecular weight is 391 g/mol. The first-order valence-electron chi connectivity index (χ1n) is 9.11. The van der Waals surface area contributed by atoms with Gasteiger partial charge in [0.1, 0.15) is 6.33 Å². The highest BCUT2D eigenvalue weighted by atomic mass is 35.5. The largest absolute Gasteiger partial charge is 0.326 e. The number of halogens is 2. The second-order valence-corrected chi connectivity index (χ2v) is 9.16. The molecule has 1 N–H and O–H groups in total. The monoisotopic (exact) mass is 390 g/mol. The van der Waals surface area contributed by atoms with Crippen molar-refractivity contribution in [1.82, 2.24) is 14.8 Å². The van der Waals surface area contributed by atoms with Crippen molar-refractivity contribution in [2.75, 3.05) is 5.32 Å². The molecule has 0 saturated heterocycles. The zero-order valence-electron chi connectivity index (χ0n) is 14.3. The fourth-order valence-electron chi connectivity index (χ4n) is 6.05. The van der Waals surface area contributed by atoms with Crippen LogP contribution in [0.5, 0.6) is 0 Å². The van der Waals surface area contributed by atoms with E-state index in [9.17, 15) is 4.79 Å². The van der Waals surface area contributed by atoms with Crippen molar-refractivity contribution in [2.45, 2.75) is 44.1 Å². The van der Waals surface area contributed by atoms with Crippen LogP contribution < -0.4 is 5.32 Å². The summed E-state index contributed by atoms with van der Waals surface area (Å²) in [6, 6.07) is 7.35. The fraction of sp³-hybridized carbons (Fsp3) is 0.526. The maximum absolute atomic E-state index is 13.3. The first kappa shape index (κ1) is 16.6. The van der Waals surface area contributed by atoms with E-state index < -0.39 is 0 Å². The summed E-state index contributed by atoms with van der Waals surface area (Å²) >= 11 is 12.1.